The summed E-state index contributed by atoms with van der Waals surface area (Å²) in [5.74, 6) is 0.822. The third-order valence-electron chi connectivity index (χ3n) is 3.63. The molecule has 0 bridgehead atoms. The van der Waals surface area contributed by atoms with E-state index >= 15 is 0 Å². The van der Waals surface area contributed by atoms with E-state index in [4.69, 9.17) is 0 Å². The van der Waals surface area contributed by atoms with Gasteiger partial charge < -0.3 is 4.90 Å². The van der Waals surface area contributed by atoms with Crippen molar-refractivity contribution in [1.29, 1.82) is 0 Å². The van der Waals surface area contributed by atoms with Crippen molar-refractivity contribution in [1.82, 2.24) is 4.90 Å². The molecule has 2 rings (SSSR count). The fourth-order valence-corrected chi connectivity index (χ4v) is 2.91. The van der Waals surface area contributed by atoms with Crippen molar-refractivity contribution in [2.75, 3.05) is 14.1 Å². The average molecular weight is 216 g/mol. The van der Waals surface area contributed by atoms with E-state index in [9.17, 15) is 0 Å². The summed E-state index contributed by atoms with van der Waals surface area (Å²) in [6, 6.07) is 11.5. The van der Waals surface area contributed by atoms with Crippen LogP contribution in [0.5, 0.6) is 0 Å². The van der Waals surface area contributed by atoms with Crippen molar-refractivity contribution in [3.8, 4) is 0 Å². The van der Waals surface area contributed by atoms with Crippen molar-refractivity contribution in [3.05, 3.63) is 42.3 Å². The van der Waals surface area contributed by atoms with E-state index in [1.54, 1.807) is 0 Å². The topological polar surface area (TPSA) is 3.24 Å². The lowest BCUT2D eigenvalue weighted by molar-refractivity contribution is 0.182. The van der Waals surface area contributed by atoms with Crippen LogP contribution in [0.2, 0.25) is 0 Å². The van der Waals surface area contributed by atoms with Crippen molar-refractivity contribution in [2.24, 2.45) is 5.92 Å². The molecule has 0 aliphatic heterocycles. The molecular weight excluding hydrogens is 194 g/mol. The first-order valence-electron chi connectivity index (χ1n) is 6.32. The van der Waals surface area contributed by atoms with Crippen LogP contribution in [-0.2, 0) is 0 Å². The third kappa shape index (κ3) is 2.65. The largest absolute Gasteiger partial charge is 0.302 e. The Kier molecular flexibility index (Phi) is 4.00. The van der Waals surface area contributed by atoms with Crippen LogP contribution in [0.3, 0.4) is 0 Å². The highest BCUT2D eigenvalue weighted by Gasteiger charge is 2.26. The highest BCUT2D eigenvalue weighted by molar-refractivity contribution is 5.20. The van der Waals surface area contributed by atoms with E-state index in [-0.39, 0.29) is 0 Å². The van der Waals surface area contributed by atoms with Crippen molar-refractivity contribution in [3.63, 3.8) is 0 Å². The number of nitrogens with zero attached hydrogens (tertiary/aromatic N) is 1. The van der Waals surface area contributed by atoms with E-state index in [1.165, 1.54) is 31.2 Å². The number of hydrogen-bond donors (Lipinski definition) is 0. The first kappa shape index (κ1) is 11.7. The van der Waals surface area contributed by atoms with E-state index in [0.717, 1.165) is 5.92 Å². The molecule has 0 heterocycles. The van der Waals surface area contributed by atoms with E-state index in [2.05, 4.69) is 55.7 Å². The van der Waals surface area contributed by atoms with Gasteiger partial charge in [0, 0.05) is 6.04 Å². The maximum Gasteiger partial charge on any atom is 0.0370 e. The van der Waals surface area contributed by atoms with Crippen molar-refractivity contribution in [2.45, 2.75) is 31.7 Å². The van der Waals surface area contributed by atoms with Gasteiger partial charge in [0.2, 0.25) is 0 Å². The molecule has 1 aromatic rings. The molecule has 1 saturated carbocycles. The second kappa shape index (κ2) is 5.49. The summed E-state index contributed by atoms with van der Waals surface area (Å²) >= 11 is 0. The second-order valence-electron chi connectivity index (χ2n) is 5.02. The van der Waals surface area contributed by atoms with Crippen LogP contribution in [0.15, 0.2) is 30.3 Å². The lowest BCUT2D eigenvalue weighted by Crippen LogP contribution is -2.28. The molecule has 1 radical (unpaired) electrons. The zero-order chi connectivity index (χ0) is 11.4. The molecule has 16 heavy (non-hydrogen) atoms. The average Bonchev–Trinajstić information content (AvgIpc) is 2.31. The summed E-state index contributed by atoms with van der Waals surface area (Å²) in [6.45, 7) is 0. The quantitative estimate of drug-likeness (QED) is 0.745. The van der Waals surface area contributed by atoms with Crippen LogP contribution < -0.4 is 0 Å². The Morgan fingerprint density at radius 3 is 2.25 bits per heavy atom. The molecule has 1 aliphatic carbocycles. The van der Waals surface area contributed by atoms with Gasteiger partial charge in [0.15, 0.2) is 0 Å². The predicted molar refractivity (Wildman–Crippen MR) is 69.1 cm³/mol. The molecule has 1 unspecified atom stereocenters. The Balaban J connectivity index is 2.16. The molecule has 1 fully saturated rings. The van der Waals surface area contributed by atoms with Gasteiger partial charge in [0.25, 0.3) is 0 Å². The third-order valence-corrected chi connectivity index (χ3v) is 3.63. The molecule has 0 spiro atoms. The van der Waals surface area contributed by atoms with Gasteiger partial charge >= 0.3 is 0 Å². The molecule has 87 valence electrons. The number of hydrogen-bond acceptors (Lipinski definition) is 1. The predicted octanol–water partition coefficient (Wildman–Crippen LogP) is 3.68. The lowest BCUT2D eigenvalue weighted by Gasteiger charge is -2.35. The lowest BCUT2D eigenvalue weighted by atomic mass is 9.80. The maximum atomic E-state index is 2.44. The van der Waals surface area contributed by atoms with E-state index in [1.807, 2.05) is 0 Å². The summed E-state index contributed by atoms with van der Waals surface area (Å²) in [7, 11) is 4.41. The van der Waals surface area contributed by atoms with Crippen molar-refractivity contribution >= 4 is 0 Å². The summed E-state index contributed by atoms with van der Waals surface area (Å²) in [4.78, 5) is 2.38. The first-order chi connectivity index (χ1) is 7.79. The van der Waals surface area contributed by atoms with E-state index in [0.29, 0.717) is 6.04 Å². The number of benzene rings is 1. The van der Waals surface area contributed by atoms with Gasteiger partial charge in [-0.1, -0.05) is 30.3 Å². The summed E-state index contributed by atoms with van der Waals surface area (Å²) in [5.41, 5.74) is 1.47. The highest BCUT2D eigenvalue weighted by Crippen LogP contribution is 2.36. The minimum absolute atomic E-state index is 0.593. The zero-order valence-electron chi connectivity index (χ0n) is 10.4. The van der Waals surface area contributed by atoms with Gasteiger partial charge in [-0.15, -0.1) is 0 Å². The minimum atomic E-state index is 0.593. The molecule has 0 saturated heterocycles. The Morgan fingerprint density at radius 1 is 1.06 bits per heavy atom. The summed E-state index contributed by atoms with van der Waals surface area (Å²) in [6.07, 6.45) is 7.72. The Bertz CT molecular complexity index is 298. The van der Waals surface area contributed by atoms with Crippen LogP contribution in [0.1, 0.15) is 37.3 Å². The van der Waals surface area contributed by atoms with Crippen LogP contribution >= 0.6 is 0 Å². The summed E-state index contributed by atoms with van der Waals surface area (Å²) in [5, 5.41) is 0. The van der Waals surface area contributed by atoms with Crippen molar-refractivity contribution < 1.29 is 0 Å². The molecule has 0 amide bonds. The molecular formula is C15H22N. The number of rotatable bonds is 3. The van der Waals surface area contributed by atoms with Gasteiger partial charge in [0.1, 0.15) is 0 Å². The first-order valence-corrected chi connectivity index (χ1v) is 6.32. The van der Waals surface area contributed by atoms with Gasteiger partial charge in [-0.05, 0) is 57.7 Å². The highest BCUT2D eigenvalue weighted by atomic mass is 15.1. The van der Waals surface area contributed by atoms with Crippen LogP contribution in [0.25, 0.3) is 0 Å². The SMILES string of the molecule is CN(C)C(c1ccccc1)C1CC[CH]CC1. The van der Waals surface area contributed by atoms with Gasteiger partial charge in [-0.3, -0.25) is 0 Å². The zero-order valence-corrected chi connectivity index (χ0v) is 10.4. The van der Waals surface area contributed by atoms with Crippen LogP contribution in [-0.4, -0.2) is 19.0 Å². The second-order valence-corrected chi connectivity index (χ2v) is 5.02. The maximum absolute atomic E-state index is 2.44. The Labute approximate surface area is 99.5 Å². The van der Waals surface area contributed by atoms with Crippen LogP contribution in [0, 0.1) is 12.3 Å². The van der Waals surface area contributed by atoms with Gasteiger partial charge in [-0.2, -0.15) is 0 Å². The fourth-order valence-electron chi connectivity index (χ4n) is 2.91. The summed E-state index contributed by atoms with van der Waals surface area (Å²) < 4.78 is 0. The molecule has 1 atom stereocenters. The van der Waals surface area contributed by atoms with Gasteiger partial charge in [-0.25, -0.2) is 0 Å². The Hall–Kier alpha value is -0.820. The minimum Gasteiger partial charge on any atom is -0.302 e. The molecule has 0 aromatic heterocycles. The monoisotopic (exact) mass is 216 g/mol. The normalized spacial score (nSPS) is 19.9. The van der Waals surface area contributed by atoms with E-state index < -0.39 is 0 Å². The molecule has 1 nitrogen and oxygen atoms in total. The fraction of sp³-hybridized carbons (Fsp3) is 0.533. The molecule has 1 aromatic carbocycles. The molecule has 1 aliphatic rings. The van der Waals surface area contributed by atoms with Gasteiger partial charge in [0.05, 0.1) is 0 Å². The Morgan fingerprint density at radius 2 is 1.69 bits per heavy atom. The van der Waals surface area contributed by atoms with Crippen LogP contribution in [0.4, 0.5) is 0 Å². The standard InChI is InChI=1S/C15H22N/c1-16(2)15(13-9-5-3-6-10-13)14-11-7-4-8-12-14/h3-6,9-10,14-15H,7-8,11-12H2,1-2H3. The molecule has 0 N–H and O–H groups in total. The smallest absolute Gasteiger partial charge is 0.0370 e. The molecule has 1 heteroatoms.